The third kappa shape index (κ3) is 5.74. The Morgan fingerprint density at radius 3 is 2.61 bits per heavy atom. The molecule has 1 heterocycles. The van der Waals surface area contributed by atoms with Crippen LogP contribution in [0.5, 0.6) is 0 Å². The van der Waals surface area contributed by atoms with E-state index >= 15 is 0 Å². The predicted molar refractivity (Wildman–Crippen MR) is 97.2 cm³/mol. The van der Waals surface area contributed by atoms with Gasteiger partial charge in [-0.3, -0.25) is 15.2 Å². The largest absolute Gasteiger partial charge is 0.416 e. The number of hydrogen-bond acceptors (Lipinski definition) is 5. The van der Waals surface area contributed by atoms with Crippen molar-refractivity contribution in [2.45, 2.75) is 25.6 Å². The van der Waals surface area contributed by atoms with Crippen LogP contribution < -0.4 is 16.5 Å². The molecular formula is C18H19F4N5O. The zero-order valence-electron chi connectivity index (χ0n) is 15.1. The molecule has 0 aliphatic heterocycles. The van der Waals surface area contributed by atoms with Gasteiger partial charge in [0, 0.05) is 18.3 Å². The van der Waals surface area contributed by atoms with Crippen LogP contribution in [-0.2, 0) is 17.4 Å². The molecule has 0 saturated carbocycles. The lowest BCUT2D eigenvalue weighted by atomic mass is 10.1. The first-order valence-corrected chi connectivity index (χ1v) is 8.22. The lowest BCUT2D eigenvalue weighted by Crippen LogP contribution is -2.40. The number of primary amides is 1. The molecule has 1 unspecified atom stereocenters. The van der Waals surface area contributed by atoms with Gasteiger partial charge < -0.3 is 11.1 Å². The monoisotopic (exact) mass is 397 g/mol. The average molecular weight is 397 g/mol. The van der Waals surface area contributed by atoms with Crippen LogP contribution in [0.4, 0.5) is 23.2 Å². The van der Waals surface area contributed by atoms with Crippen molar-refractivity contribution in [2.75, 3.05) is 12.5 Å². The molecule has 1 aromatic heterocycles. The van der Waals surface area contributed by atoms with Crippen molar-refractivity contribution in [3.63, 3.8) is 0 Å². The summed E-state index contributed by atoms with van der Waals surface area (Å²) in [6.45, 7) is 1.70. The Balaban J connectivity index is 2.22. The molecule has 0 spiro atoms. The number of hydrogen-bond donors (Lipinski definition) is 3. The highest BCUT2D eigenvalue weighted by molar-refractivity contribution is 6.40. The van der Waals surface area contributed by atoms with E-state index in [1.807, 2.05) is 0 Å². The number of nitrogens with zero attached hydrogens (tertiary/aromatic N) is 2. The number of rotatable bonds is 7. The summed E-state index contributed by atoms with van der Waals surface area (Å²) in [5.74, 6) is -1.68. The van der Waals surface area contributed by atoms with Crippen LogP contribution in [0.15, 0.2) is 41.6 Å². The smallest absolute Gasteiger partial charge is 0.364 e. The molecule has 0 saturated heterocycles. The molecule has 2 aromatic rings. The van der Waals surface area contributed by atoms with Gasteiger partial charge in [0.15, 0.2) is 0 Å². The molecule has 2 rings (SSSR count). The first-order chi connectivity index (χ1) is 13.1. The highest BCUT2D eigenvalue weighted by Crippen LogP contribution is 2.30. The zero-order chi connectivity index (χ0) is 20.9. The standard InChI is InChI=1S/C18H19F4N5O/c1-10(24-2)16(17(23)28)27-26-14-3-4-25-15(9-14)7-11-5-12(18(20,21)22)8-13(19)6-11/h3-6,8-10,24H,7H2,1-2H3,(H2,23,28)(H,25,26)/b27-16+. The molecule has 1 amide bonds. The Bertz CT molecular complexity index is 883. The Hall–Kier alpha value is -3.01. The van der Waals surface area contributed by atoms with Crippen molar-refractivity contribution < 1.29 is 22.4 Å². The first kappa shape index (κ1) is 21.3. The molecular weight excluding hydrogens is 378 g/mol. The van der Waals surface area contributed by atoms with E-state index < -0.39 is 23.5 Å². The number of carbonyl (C=O) groups is 1. The van der Waals surface area contributed by atoms with E-state index in [2.05, 4.69) is 20.8 Å². The lowest BCUT2D eigenvalue weighted by Gasteiger charge is -2.12. The average Bonchev–Trinajstić information content (AvgIpc) is 2.60. The van der Waals surface area contributed by atoms with Gasteiger partial charge >= 0.3 is 6.18 Å². The highest BCUT2D eigenvalue weighted by Gasteiger charge is 2.31. The summed E-state index contributed by atoms with van der Waals surface area (Å²) in [4.78, 5) is 15.5. The highest BCUT2D eigenvalue weighted by atomic mass is 19.4. The van der Waals surface area contributed by atoms with Crippen LogP contribution in [0.2, 0.25) is 0 Å². The fourth-order valence-electron chi connectivity index (χ4n) is 2.40. The Morgan fingerprint density at radius 2 is 2.00 bits per heavy atom. The molecule has 4 N–H and O–H groups in total. The summed E-state index contributed by atoms with van der Waals surface area (Å²) in [6, 6.07) is 5.04. The molecule has 150 valence electrons. The molecule has 6 nitrogen and oxygen atoms in total. The number of anilines is 1. The number of alkyl halides is 3. The molecule has 0 radical (unpaired) electrons. The molecule has 1 aromatic carbocycles. The molecule has 1 atom stereocenters. The van der Waals surface area contributed by atoms with Crippen LogP contribution >= 0.6 is 0 Å². The number of halogens is 4. The van der Waals surface area contributed by atoms with Crippen molar-refractivity contribution in [1.82, 2.24) is 10.3 Å². The Labute approximate surface area is 158 Å². The summed E-state index contributed by atoms with van der Waals surface area (Å²) in [5, 5.41) is 6.80. The minimum atomic E-state index is -4.64. The fraction of sp³-hybridized carbons (Fsp3) is 0.278. The van der Waals surface area contributed by atoms with Gasteiger partial charge in [-0.1, -0.05) is 0 Å². The number of nitrogens with two attached hydrogens (primary N) is 1. The van der Waals surface area contributed by atoms with E-state index in [1.165, 1.54) is 12.3 Å². The minimum Gasteiger partial charge on any atom is -0.364 e. The Morgan fingerprint density at radius 1 is 1.29 bits per heavy atom. The topological polar surface area (TPSA) is 92.4 Å². The molecule has 0 bridgehead atoms. The summed E-state index contributed by atoms with van der Waals surface area (Å²) >= 11 is 0. The zero-order valence-corrected chi connectivity index (χ0v) is 15.1. The Kier molecular flexibility index (Phi) is 6.68. The van der Waals surface area contributed by atoms with Crippen molar-refractivity contribution in [1.29, 1.82) is 0 Å². The summed E-state index contributed by atoms with van der Waals surface area (Å²) < 4.78 is 52.0. The van der Waals surface area contributed by atoms with Crippen LogP contribution in [0.25, 0.3) is 0 Å². The van der Waals surface area contributed by atoms with Crippen molar-refractivity contribution in [2.24, 2.45) is 10.8 Å². The minimum absolute atomic E-state index is 0.0182. The summed E-state index contributed by atoms with van der Waals surface area (Å²) in [5.41, 5.74) is 7.92. The third-order valence-electron chi connectivity index (χ3n) is 3.89. The summed E-state index contributed by atoms with van der Waals surface area (Å²) in [7, 11) is 1.64. The van der Waals surface area contributed by atoms with Crippen LogP contribution in [0.3, 0.4) is 0 Å². The van der Waals surface area contributed by atoms with Crippen molar-refractivity contribution in [3.8, 4) is 0 Å². The van der Waals surface area contributed by atoms with E-state index in [1.54, 1.807) is 20.0 Å². The van der Waals surface area contributed by atoms with E-state index in [9.17, 15) is 22.4 Å². The molecule has 0 fully saturated rings. The van der Waals surface area contributed by atoms with Crippen LogP contribution in [-0.4, -0.2) is 29.7 Å². The normalized spacial score (nSPS) is 13.3. The molecule has 0 aliphatic rings. The van der Waals surface area contributed by atoms with Gasteiger partial charge in [-0.15, -0.1) is 0 Å². The van der Waals surface area contributed by atoms with Gasteiger partial charge in [0.05, 0.1) is 17.3 Å². The quantitative estimate of drug-likeness (QED) is 0.381. The van der Waals surface area contributed by atoms with Crippen molar-refractivity contribution >= 4 is 17.3 Å². The van der Waals surface area contributed by atoms with Gasteiger partial charge in [-0.05, 0) is 49.9 Å². The predicted octanol–water partition coefficient (Wildman–Crippen LogP) is 2.69. The van der Waals surface area contributed by atoms with Crippen molar-refractivity contribution in [3.05, 3.63) is 59.2 Å². The maximum absolute atomic E-state index is 13.5. The summed E-state index contributed by atoms with van der Waals surface area (Å²) in [6.07, 6.45) is -3.24. The second kappa shape index (κ2) is 8.79. The number of carbonyl (C=O) groups excluding carboxylic acids is 1. The molecule has 10 heteroatoms. The van der Waals surface area contributed by atoms with Gasteiger partial charge in [0.1, 0.15) is 11.5 Å². The third-order valence-corrected chi connectivity index (χ3v) is 3.89. The second-order valence-electron chi connectivity index (χ2n) is 6.04. The SMILES string of the molecule is CNC(C)/C(=N\Nc1ccnc(Cc2cc(F)cc(C(F)(F)F)c2)c1)C(N)=O. The van der Waals surface area contributed by atoms with Gasteiger partial charge in [0.25, 0.3) is 5.91 Å². The lowest BCUT2D eigenvalue weighted by molar-refractivity contribution is -0.137. The van der Waals surface area contributed by atoms with E-state index in [0.29, 0.717) is 17.4 Å². The number of benzene rings is 1. The number of pyridine rings is 1. The fourth-order valence-corrected chi connectivity index (χ4v) is 2.40. The van der Waals surface area contributed by atoms with E-state index in [0.717, 1.165) is 12.1 Å². The maximum atomic E-state index is 13.5. The molecule has 28 heavy (non-hydrogen) atoms. The second-order valence-corrected chi connectivity index (χ2v) is 6.04. The van der Waals surface area contributed by atoms with Crippen LogP contribution in [0, 0.1) is 5.82 Å². The van der Waals surface area contributed by atoms with Gasteiger partial charge in [-0.25, -0.2) is 4.39 Å². The van der Waals surface area contributed by atoms with E-state index in [-0.39, 0.29) is 23.7 Å². The van der Waals surface area contributed by atoms with Gasteiger partial charge in [0.2, 0.25) is 0 Å². The van der Waals surface area contributed by atoms with Gasteiger partial charge in [-0.2, -0.15) is 18.3 Å². The first-order valence-electron chi connectivity index (χ1n) is 8.22. The number of amides is 1. The maximum Gasteiger partial charge on any atom is 0.416 e. The molecule has 0 aliphatic carbocycles. The number of nitrogens with one attached hydrogen (secondary N) is 2. The number of aromatic nitrogens is 1. The number of hydrazone groups is 1. The van der Waals surface area contributed by atoms with Crippen LogP contribution in [0.1, 0.15) is 23.7 Å². The van der Waals surface area contributed by atoms with E-state index in [4.69, 9.17) is 5.73 Å².